The third-order valence-electron chi connectivity index (χ3n) is 2.43. The zero-order valence-electron chi connectivity index (χ0n) is 7.77. The molecule has 14 heavy (non-hydrogen) atoms. The minimum Gasteiger partial charge on any atom is -0.358 e. The van der Waals surface area contributed by atoms with Crippen molar-refractivity contribution in [3.8, 4) is 0 Å². The Morgan fingerprint density at radius 1 is 1.86 bits per heavy atom. The van der Waals surface area contributed by atoms with Crippen molar-refractivity contribution in [2.75, 3.05) is 5.32 Å². The molecule has 1 N–H and O–H groups in total. The van der Waals surface area contributed by atoms with Crippen LogP contribution in [0, 0.1) is 16.0 Å². The first-order valence-corrected chi connectivity index (χ1v) is 5.39. The van der Waals surface area contributed by atoms with E-state index in [2.05, 4.69) is 17.2 Å². The molecule has 2 rings (SSSR count). The lowest BCUT2D eigenvalue weighted by atomic mass is 10.3. The van der Waals surface area contributed by atoms with Crippen LogP contribution in [-0.2, 0) is 0 Å². The van der Waals surface area contributed by atoms with Crippen LogP contribution in [0.5, 0.6) is 0 Å². The minimum absolute atomic E-state index is 0.0983. The average Bonchev–Trinajstić information content (AvgIpc) is 2.71. The lowest BCUT2D eigenvalue weighted by Gasteiger charge is -1.97. The molecule has 6 heteroatoms. The molecule has 0 bridgehead atoms. The van der Waals surface area contributed by atoms with Gasteiger partial charge in [0.2, 0.25) is 0 Å². The number of nitrogens with zero attached hydrogens (tertiary/aromatic N) is 2. The summed E-state index contributed by atoms with van der Waals surface area (Å²) in [6, 6.07) is 0.478. The molecule has 2 unspecified atom stereocenters. The van der Waals surface area contributed by atoms with E-state index in [9.17, 15) is 10.1 Å². The van der Waals surface area contributed by atoms with Gasteiger partial charge in [0.05, 0.1) is 4.92 Å². The second kappa shape index (κ2) is 3.53. The first-order chi connectivity index (χ1) is 6.70. The number of thiazole rings is 1. The molecule has 1 aromatic heterocycles. The van der Waals surface area contributed by atoms with Crippen LogP contribution in [-0.4, -0.2) is 15.9 Å². The van der Waals surface area contributed by atoms with E-state index >= 15 is 0 Å². The summed E-state index contributed by atoms with van der Waals surface area (Å²) < 4.78 is 0. The van der Waals surface area contributed by atoms with Gasteiger partial charge in [0, 0.05) is 6.04 Å². The Hall–Kier alpha value is -1.17. The minimum atomic E-state index is -0.410. The number of aromatic nitrogens is 1. The van der Waals surface area contributed by atoms with E-state index in [1.165, 1.54) is 6.20 Å². The topological polar surface area (TPSA) is 68.1 Å². The summed E-state index contributed by atoms with van der Waals surface area (Å²) in [6.07, 6.45) is 3.62. The van der Waals surface area contributed by atoms with Gasteiger partial charge in [0.1, 0.15) is 6.20 Å². The van der Waals surface area contributed by atoms with Gasteiger partial charge < -0.3 is 5.32 Å². The fourth-order valence-corrected chi connectivity index (χ4v) is 2.14. The standard InChI is InChI=1S/C8H11N3O2S/c1-2-5-3-6(5)10-8-9-4-7(14-8)11(12)13/h4-6H,2-3H2,1H3,(H,9,10). The quantitative estimate of drug-likeness (QED) is 0.615. The lowest BCUT2D eigenvalue weighted by molar-refractivity contribution is -0.380. The first-order valence-electron chi connectivity index (χ1n) is 4.57. The Bertz CT molecular complexity index is 352. The molecular weight excluding hydrogens is 202 g/mol. The Kier molecular flexibility index (Phi) is 2.37. The van der Waals surface area contributed by atoms with Crippen molar-refractivity contribution in [2.24, 2.45) is 5.92 Å². The highest BCUT2D eigenvalue weighted by atomic mass is 32.1. The molecule has 0 aromatic carbocycles. The van der Waals surface area contributed by atoms with Crippen LogP contribution in [0.1, 0.15) is 19.8 Å². The van der Waals surface area contributed by atoms with Crippen LogP contribution < -0.4 is 5.32 Å². The van der Waals surface area contributed by atoms with E-state index in [1.54, 1.807) is 0 Å². The van der Waals surface area contributed by atoms with E-state index in [-0.39, 0.29) is 5.00 Å². The molecule has 0 radical (unpaired) electrons. The van der Waals surface area contributed by atoms with Gasteiger partial charge >= 0.3 is 5.00 Å². The molecular formula is C8H11N3O2S. The fraction of sp³-hybridized carbons (Fsp3) is 0.625. The van der Waals surface area contributed by atoms with Gasteiger partial charge in [-0.1, -0.05) is 13.3 Å². The van der Waals surface area contributed by atoms with Crippen molar-refractivity contribution in [3.63, 3.8) is 0 Å². The Balaban J connectivity index is 1.94. The molecule has 0 spiro atoms. The van der Waals surface area contributed by atoms with E-state index < -0.39 is 4.92 Å². The number of rotatable bonds is 4. The molecule has 1 saturated carbocycles. The van der Waals surface area contributed by atoms with Crippen molar-refractivity contribution < 1.29 is 4.92 Å². The number of hydrogen-bond donors (Lipinski definition) is 1. The molecule has 76 valence electrons. The first kappa shape index (κ1) is 9.39. The fourth-order valence-electron chi connectivity index (χ4n) is 1.45. The van der Waals surface area contributed by atoms with Crippen molar-refractivity contribution in [2.45, 2.75) is 25.8 Å². The van der Waals surface area contributed by atoms with E-state index in [4.69, 9.17) is 0 Å². The molecule has 0 saturated heterocycles. The molecule has 0 amide bonds. The maximum Gasteiger partial charge on any atom is 0.345 e. The van der Waals surface area contributed by atoms with E-state index in [1.807, 2.05) is 0 Å². The van der Waals surface area contributed by atoms with Crippen molar-refractivity contribution in [3.05, 3.63) is 16.3 Å². The Morgan fingerprint density at radius 3 is 3.14 bits per heavy atom. The largest absolute Gasteiger partial charge is 0.358 e. The predicted molar refractivity (Wildman–Crippen MR) is 54.6 cm³/mol. The summed E-state index contributed by atoms with van der Waals surface area (Å²) in [5.74, 6) is 0.720. The SMILES string of the molecule is CCC1CC1Nc1ncc([N+](=O)[O-])s1. The Labute approximate surface area is 85.3 Å². The van der Waals surface area contributed by atoms with Crippen molar-refractivity contribution in [1.29, 1.82) is 0 Å². The second-order valence-electron chi connectivity index (χ2n) is 3.42. The third-order valence-corrected chi connectivity index (χ3v) is 3.31. The van der Waals surface area contributed by atoms with E-state index in [0.717, 1.165) is 30.1 Å². The predicted octanol–water partition coefficient (Wildman–Crippen LogP) is 2.26. The van der Waals surface area contributed by atoms with Crippen molar-refractivity contribution in [1.82, 2.24) is 4.98 Å². The van der Waals surface area contributed by atoms with Gasteiger partial charge in [-0.25, -0.2) is 4.98 Å². The monoisotopic (exact) mass is 213 g/mol. The van der Waals surface area contributed by atoms with Crippen LogP contribution in [0.3, 0.4) is 0 Å². The number of nitro groups is 1. The van der Waals surface area contributed by atoms with Gasteiger partial charge in [-0.15, -0.1) is 0 Å². The van der Waals surface area contributed by atoms with Gasteiger partial charge in [-0.2, -0.15) is 0 Å². The van der Waals surface area contributed by atoms with Crippen molar-refractivity contribution >= 4 is 21.5 Å². The number of anilines is 1. The van der Waals surface area contributed by atoms with Crippen LogP contribution in [0.25, 0.3) is 0 Å². The molecule has 1 fully saturated rings. The zero-order chi connectivity index (χ0) is 10.1. The summed E-state index contributed by atoms with van der Waals surface area (Å²) >= 11 is 1.10. The summed E-state index contributed by atoms with van der Waals surface area (Å²) in [7, 11) is 0. The molecule has 5 nitrogen and oxygen atoms in total. The number of hydrogen-bond acceptors (Lipinski definition) is 5. The highest BCUT2D eigenvalue weighted by Crippen LogP contribution is 2.37. The maximum absolute atomic E-state index is 10.4. The van der Waals surface area contributed by atoms with Crippen LogP contribution >= 0.6 is 11.3 Å². The molecule has 1 heterocycles. The van der Waals surface area contributed by atoms with E-state index in [0.29, 0.717) is 11.2 Å². The lowest BCUT2D eigenvalue weighted by Crippen LogP contribution is -2.03. The molecule has 1 aromatic rings. The second-order valence-corrected chi connectivity index (χ2v) is 4.42. The van der Waals surface area contributed by atoms with Crippen LogP contribution in [0.15, 0.2) is 6.20 Å². The normalized spacial score (nSPS) is 24.6. The van der Waals surface area contributed by atoms with Crippen LogP contribution in [0.4, 0.5) is 10.1 Å². The smallest absolute Gasteiger partial charge is 0.345 e. The summed E-state index contributed by atoms with van der Waals surface area (Å²) in [5, 5.41) is 14.3. The van der Waals surface area contributed by atoms with Gasteiger partial charge in [0.25, 0.3) is 0 Å². The van der Waals surface area contributed by atoms with Crippen LogP contribution in [0.2, 0.25) is 0 Å². The third kappa shape index (κ3) is 1.84. The molecule has 1 aliphatic rings. The molecule has 2 atom stereocenters. The summed E-state index contributed by atoms with van der Waals surface area (Å²) in [4.78, 5) is 13.9. The average molecular weight is 213 g/mol. The Morgan fingerprint density at radius 2 is 2.64 bits per heavy atom. The maximum atomic E-state index is 10.4. The van der Waals surface area contributed by atoms with Gasteiger partial charge in [-0.3, -0.25) is 10.1 Å². The summed E-state index contributed by atoms with van der Waals surface area (Å²) in [6.45, 7) is 2.15. The molecule has 1 aliphatic carbocycles. The zero-order valence-corrected chi connectivity index (χ0v) is 8.58. The van der Waals surface area contributed by atoms with Gasteiger partial charge in [0.15, 0.2) is 5.13 Å². The highest BCUT2D eigenvalue weighted by Gasteiger charge is 2.35. The highest BCUT2D eigenvalue weighted by molar-refractivity contribution is 7.18. The molecule has 0 aliphatic heterocycles. The number of nitrogens with one attached hydrogen (secondary N) is 1. The summed E-state index contributed by atoms with van der Waals surface area (Å²) in [5.41, 5.74) is 0. The van der Waals surface area contributed by atoms with Gasteiger partial charge in [-0.05, 0) is 23.7 Å².